The van der Waals surface area contributed by atoms with E-state index < -0.39 is 0 Å². The third-order valence-corrected chi connectivity index (χ3v) is 4.28. The number of rotatable bonds is 9. The molecule has 1 aromatic heterocycles. The summed E-state index contributed by atoms with van der Waals surface area (Å²) < 4.78 is 0. The highest BCUT2D eigenvalue weighted by atomic mass is 15.2. The molecule has 0 aromatic carbocycles. The smallest absolute Gasteiger partial charge is 0.0547 e. The molecule has 0 spiro atoms. The normalized spacial score (nSPS) is 14.5. The Morgan fingerprint density at radius 3 is 2.60 bits per heavy atom. The van der Waals surface area contributed by atoms with E-state index >= 15 is 0 Å². The molecule has 1 unspecified atom stereocenters. The maximum Gasteiger partial charge on any atom is 0.0547 e. The molecule has 2 N–H and O–H groups in total. The zero-order chi connectivity index (χ0) is 15.0. The van der Waals surface area contributed by atoms with Crippen LogP contribution in [-0.2, 0) is 6.54 Å². The molecule has 0 aliphatic carbocycles. The molecule has 0 aliphatic rings. The summed E-state index contributed by atoms with van der Waals surface area (Å²) >= 11 is 0. The molecule has 3 nitrogen and oxygen atoms in total. The van der Waals surface area contributed by atoms with Crippen LogP contribution in [0, 0.1) is 6.92 Å². The van der Waals surface area contributed by atoms with Crippen molar-refractivity contribution >= 4 is 0 Å². The lowest BCUT2D eigenvalue weighted by Gasteiger charge is -2.38. The molecule has 114 valence electrons. The molecule has 0 saturated heterocycles. The van der Waals surface area contributed by atoms with Crippen molar-refractivity contribution < 1.29 is 0 Å². The molecule has 0 radical (unpaired) electrons. The molecule has 1 atom stereocenters. The van der Waals surface area contributed by atoms with Crippen LogP contribution >= 0.6 is 0 Å². The maximum absolute atomic E-state index is 6.04. The van der Waals surface area contributed by atoms with E-state index in [2.05, 4.69) is 42.9 Å². The summed E-state index contributed by atoms with van der Waals surface area (Å²) in [4.78, 5) is 6.95. The second-order valence-corrected chi connectivity index (χ2v) is 6.14. The van der Waals surface area contributed by atoms with Crippen molar-refractivity contribution in [1.29, 1.82) is 0 Å². The van der Waals surface area contributed by atoms with Gasteiger partial charge in [-0.05, 0) is 39.4 Å². The van der Waals surface area contributed by atoms with Gasteiger partial charge in [0.25, 0.3) is 0 Å². The van der Waals surface area contributed by atoms with Gasteiger partial charge in [-0.2, -0.15) is 0 Å². The molecular formula is C17H31N3. The van der Waals surface area contributed by atoms with Gasteiger partial charge in [-0.15, -0.1) is 0 Å². The SMILES string of the molecule is CCCCCCC(C)(CN)N(C)Cc1cccc(C)n1. The first-order valence-electron chi connectivity index (χ1n) is 7.85. The minimum Gasteiger partial charge on any atom is -0.329 e. The van der Waals surface area contributed by atoms with Gasteiger partial charge in [0, 0.05) is 24.3 Å². The molecule has 1 rings (SSSR count). The van der Waals surface area contributed by atoms with Gasteiger partial charge in [0.05, 0.1) is 5.69 Å². The molecule has 3 heteroatoms. The van der Waals surface area contributed by atoms with E-state index in [0.717, 1.165) is 24.4 Å². The predicted molar refractivity (Wildman–Crippen MR) is 86.7 cm³/mol. The average Bonchev–Trinajstić information content (AvgIpc) is 2.43. The number of nitrogens with zero attached hydrogens (tertiary/aromatic N) is 2. The van der Waals surface area contributed by atoms with Crippen LogP contribution in [0.4, 0.5) is 0 Å². The number of pyridine rings is 1. The van der Waals surface area contributed by atoms with Crippen LogP contribution in [0.3, 0.4) is 0 Å². The third-order valence-electron chi connectivity index (χ3n) is 4.28. The van der Waals surface area contributed by atoms with Crippen molar-refractivity contribution in [3.8, 4) is 0 Å². The molecule has 1 heterocycles. The minimum absolute atomic E-state index is 0.0686. The predicted octanol–water partition coefficient (Wildman–Crippen LogP) is 3.51. The first-order chi connectivity index (χ1) is 9.51. The van der Waals surface area contributed by atoms with E-state index in [1.807, 2.05) is 13.0 Å². The first-order valence-corrected chi connectivity index (χ1v) is 7.85. The standard InChI is InChI=1S/C17H31N3/c1-5-6-7-8-12-17(3,14-18)20(4)13-16-11-9-10-15(2)19-16/h9-11H,5-8,12-14,18H2,1-4H3. The van der Waals surface area contributed by atoms with Crippen LogP contribution in [0.5, 0.6) is 0 Å². The van der Waals surface area contributed by atoms with Crippen LogP contribution in [-0.4, -0.2) is 29.0 Å². The second kappa shape index (κ2) is 8.38. The van der Waals surface area contributed by atoms with Gasteiger partial charge < -0.3 is 5.73 Å². The summed E-state index contributed by atoms with van der Waals surface area (Å²) in [5, 5.41) is 0. The van der Waals surface area contributed by atoms with E-state index in [1.165, 1.54) is 25.7 Å². The number of unbranched alkanes of at least 4 members (excludes halogenated alkanes) is 3. The largest absolute Gasteiger partial charge is 0.329 e. The summed E-state index contributed by atoms with van der Waals surface area (Å²) in [5.41, 5.74) is 8.32. The molecular weight excluding hydrogens is 246 g/mol. The van der Waals surface area contributed by atoms with Gasteiger partial charge in [0.2, 0.25) is 0 Å². The fourth-order valence-corrected chi connectivity index (χ4v) is 2.50. The highest BCUT2D eigenvalue weighted by Crippen LogP contribution is 2.22. The molecule has 0 aliphatic heterocycles. The van der Waals surface area contributed by atoms with Crippen LogP contribution in [0.2, 0.25) is 0 Å². The number of aryl methyl sites for hydroxylation is 1. The van der Waals surface area contributed by atoms with Crippen LogP contribution in [0.15, 0.2) is 18.2 Å². The van der Waals surface area contributed by atoms with Crippen LogP contribution in [0.1, 0.15) is 57.3 Å². The van der Waals surface area contributed by atoms with E-state index in [0.29, 0.717) is 6.54 Å². The zero-order valence-corrected chi connectivity index (χ0v) is 13.7. The van der Waals surface area contributed by atoms with Crippen molar-refractivity contribution in [2.45, 2.75) is 65.0 Å². The number of hydrogen-bond acceptors (Lipinski definition) is 3. The van der Waals surface area contributed by atoms with Gasteiger partial charge >= 0.3 is 0 Å². The zero-order valence-electron chi connectivity index (χ0n) is 13.7. The Kier molecular flexibility index (Phi) is 7.17. The molecule has 0 bridgehead atoms. The van der Waals surface area contributed by atoms with Crippen molar-refractivity contribution in [3.05, 3.63) is 29.6 Å². The van der Waals surface area contributed by atoms with Crippen molar-refractivity contribution in [2.24, 2.45) is 5.73 Å². The summed E-state index contributed by atoms with van der Waals surface area (Å²) in [6, 6.07) is 6.21. The van der Waals surface area contributed by atoms with Crippen molar-refractivity contribution in [3.63, 3.8) is 0 Å². The topological polar surface area (TPSA) is 42.1 Å². The minimum atomic E-state index is 0.0686. The van der Waals surface area contributed by atoms with E-state index in [4.69, 9.17) is 5.73 Å². The van der Waals surface area contributed by atoms with E-state index in [-0.39, 0.29) is 5.54 Å². The molecule has 20 heavy (non-hydrogen) atoms. The van der Waals surface area contributed by atoms with Crippen LogP contribution in [0.25, 0.3) is 0 Å². The van der Waals surface area contributed by atoms with E-state index in [9.17, 15) is 0 Å². The summed E-state index contributed by atoms with van der Waals surface area (Å²) in [7, 11) is 2.16. The van der Waals surface area contributed by atoms with Crippen molar-refractivity contribution in [2.75, 3.05) is 13.6 Å². The monoisotopic (exact) mass is 277 g/mol. The fourth-order valence-electron chi connectivity index (χ4n) is 2.50. The Labute approximate surface area is 124 Å². The van der Waals surface area contributed by atoms with Gasteiger partial charge in [-0.25, -0.2) is 0 Å². The Hall–Kier alpha value is -0.930. The van der Waals surface area contributed by atoms with Crippen LogP contribution < -0.4 is 5.73 Å². The summed E-state index contributed by atoms with van der Waals surface area (Å²) in [6.07, 6.45) is 6.33. The third kappa shape index (κ3) is 5.22. The quantitative estimate of drug-likeness (QED) is 0.702. The molecule has 1 aromatic rings. The molecule has 0 fully saturated rings. The highest BCUT2D eigenvalue weighted by Gasteiger charge is 2.27. The number of hydrogen-bond donors (Lipinski definition) is 1. The first kappa shape index (κ1) is 17.1. The highest BCUT2D eigenvalue weighted by molar-refractivity contribution is 5.10. The van der Waals surface area contributed by atoms with Crippen molar-refractivity contribution in [1.82, 2.24) is 9.88 Å². The Balaban J connectivity index is 2.58. The second-order valence-electron chi connectivity index (χ2n) is 6.14. The van der Waals surface area contributed by atoms with E-state index in [1.54, 1.807) is 0 Å². The van der Waals surface area contributed by atoms with Gasteiger partial charge in [0.15, 0.2) is 0 Å². The Morgan fingerprint density at radius 1 is 1.25 bits per heavy atom. The number of aromatic nitrogens is 1. The number of nitrogens with two attached hydrogens (primary N) is 1. The Morgan fingerprint density at radius 2 is 2.00 bits per heavy atom. The summed E-state index contributed by atoms with van der Waals surface area (Å²) in [5.74, 6) is 0. The maximum atomic E-state index is 6.04. The fraction of sp³-hybridized carbons (Fsp3) is 0.706. The lowest BCUT2D eigenvalue weighted by atomic mass is 9.92. The lowest BCUT2D eigenvalue weighted by Crippen LogP contribution is -2.49. The Bertz CT molecular complexity index is 392. The van der Waals surface area contributed by atoms with Gasteiger partial charge in [-0.3, -0.25) is 9.88 Å². The van der Waals surface area contributed by atoms with Gasteiger partial charge in [0.1, 0.15) is 0 Å². The molecule has 0 amide bonds. The average molecular weight is 277 g/mol. The molecule has 0 saturated carbocycles. The number of likely N-dealkylation sites (N-methyl/N-ethyl adjacent to an activating group) is 1. The lowest BCUT2D eigenvalue weighted by molar-refractivity contribution is 0.121. The summed E-state index contributed by atoms with van der Waals surface area (Å²) in [6.45, 7) is 8.12. The van der Waals surface area contributed by atoms with Gasteiger partial charge in [-0.1, -0.05) is 38.7 Å².